The first-order valence-corrected chi connectivity index (χ1v) is 12.3. The van der Waals surface area contributed by atoms with E-state index in [1.807, 2.05) is 31.2 Å². The third kappa shape index (κ3) is 5.89. The van der Waals surface area contributed by atoms with E-state index in [0.29, 0.717) is 29.4 Å². The monoisotopic (exact) mass is 498 g/mol. The molecule has 0 radical (unpaired) electrons. The summed E-state index contributed by atoms with van der Waals surface area (Å²) in [7, 11) is 0. The molecule has 0 bridgehead atoms. The zero-order chi connectivity index (χ0) is 24.8. The molecule has 2 aliphatic rings. The Labute approximate surface area is 210 Å². The molecule has 1 fully saturated rings. The molecule has 2 heterocycles. The third-order valence-electron chi connectivity index (χ3n) is 6.09. The molecular formula is C26H31ClN4O4. The van der Waals surface area contributed by atoms with Gasteiger partial charge < -0.3 is 25.0 Å². The second kappa shape index (κ2) is 11.5. The molecule has 2 aliphatic heterocycles. The summed E-state index contributed by atoms with van der Waals surface area (Å²) < 4.78 is 11.2. The topological polar surface area (TPSA) is 83.1 Å². The summed E-state index contributed by atoms with van der Waals surface area (Å²) >= 11 is 6.19. The van der Waals surface area contributed by atoms with Crippen molar-refractivity contribution in [3.63, 3.8) is 0 Å². The number of carbonyl (C=O) groups excluding carboxylic acids is 2. The summed E-state index contributed by atoms with van der Waals surface area (Å²) in [5.74, 6) is 0.426. The van der Waals surface area contributed by atoms with Crippen LogP contribution in [0.25, 0.3) is 0 Å². The maximum absolute atomic E-state index is 13.0. The van der Waals surface area contributed by atoms with Crippen molar-refractivity contribution in [1.29, 1.82) is 0 Å². The largest absolute Gasteiger partial charge is 0.492 e. The van der Waals surface area contributed by atoms with Crippen LogP contribution in [0.2, 0.25) is 5.02 Å². The number of carbonyl (C=O) groups is 2. The van der Waals surface area contributed by atoms with Gasteiger partial charge in [-0.2, -0.15) is 0 Å². The van der Waals surface area contributed by atoms with E-state index in [0.717, 1.165) is 43.2 Å². The number of esters is 1. The van der Waals surface area contributed by atoms with Crippen LogP contribution in [0, 0.1) is 0 Å². The number of ether oxygens (including phenoxy) is 2. The highest BCUT2D eigenvalue weighted by atomic mass is 35.5. The fourth-order valence-corrected chi connectivity index (χ4v) is 4.69. The summed E-state index contributed by atoms with van der Waals surface area (Å²) in [6.45, 7) is 8.17. The minimum atomic E-state index is -0.643. The van der Waals surface area contributed by atoms with Crippen molar-refractivity contribution in [3.05, 3.63) is 70.4 Å². The fraction of sp³-hybridized carbons (Fsp3) is 0.385. The Bertz CT molecular complexity index is 1100. The maximum Gasteiger partial charge on any atom is 0.338 e. The van der Waals surface area contributed by atoms with Gasteiger partial charge in [0.15, 0.2) is 0 Å². The zero-order valence-corrected chi connectivity index (χ0v) is 20.8. The molecular weight excluding hydrogens is 468 g/mol. The van der Waals surface area contributed by atoms with Gasteiger partial charge in [-0.1, -0.05) is 35.9 Å². The van der Waals surface area contributed by atoms with Crippen LogP contribution in [0.15, 0.2) is 59.8 Å². The number of nitrogens with one attached hydrogen (secondary N) is 2. The van der Waals surface area contributed by atoms with Gasteiger partial charge in [0.05, 0.1) is 30.5 Å². The number of halogens is 1. The standard InChI is InChI=1S/C26H31ClN4O4/c1-3-34-22-11-6-5-10-21(22)31-14-12-30(13-15-31)17-20-23(25(32)35-4-2)24(29-26(33)28-20)18-8-7-9-19(27)16-18/h5-11,16,24H,3-4,12-15,17H2,1-2H3,(H2,28,29,33). The smallest absolute Gasteiger partial charge is 0.338 e. The summed E-state index contributed by atoms with van der Waals surface area (Å²) in [6, 6.07) is 14.2. The minimum absolute atomic E-state index is 0.240. The van der Waals surface area contributed by atoms with E-state index >= 15 is 0 Å². The molecule has 2 amide bonds. The lowest BCUT2D eigenvalue weighted by Gasteiger charge is -2.38. The van der Waals surface area contributed by atoms with Crippen molar-refractivity contribution < 1.29 is 19.1 Å². The van der Waals surface area contributed by atoms with Crippen LogP contribution in [0.1, 0.15) is 25.5 Å². The number of amides is 2. The van der Waals surface area contributed by atoms with Crippen LogP contribution in [-0.4, -0.2) is 62.8 Å². The number of anilines is 1. The molecule has 2 N–H and O–H groups in total. The highest BCUT2D eigenvalue weighted by Crippen LogP contribution is 2.31. The molecule has 8 nitrogen and oxygen atoms in total. The van der Waals surface area contributed by atoms with Gasteiger partial charge >= 0.3 is 12.0 Å². The summed E-state index contributed by atoms with van der Waals surface area (Å²) in [4.78, 5) is 30.1. The second-order valence-electron chi connectivity index (χ2n) is 8.36. The van der Waals surface area contributed by atoms with Gasteiger partial charge in [0.2, 0.25) is 0 Å². The van der Waals surface area contributed by atoms with Crippen molar-refractivity contribution >= 4 is 29.3 Å². The van der Waals surface area contributed by atoms with E-state index in [4.69, 9.17) is 21.1 Å². The predicted molar refractivity (Wildman–Crippen MR) is 136 cm³/mol. The van der Waals surface area contributed by atoms with Crippen LogP contribution >= 0.6 is 11.6 Å². The van der Waals surface area contributed by atoms with Gasteiger partial charge in [0.25, 0.3) is 0 Å². The van der Waals surface area contributed by atoms with Crippen LogP contribution in [0.4, 0.5) is 10.5 Å². The Morgan fingerprint density at radius 1 is 1.06 bits per heavy atom. The highest BCUT2D eigenvalue weighted by Gasteiger charge is 2.35. The van der Waals surface area contributed by atoms with Gasteiger partial charge in [-0.3, -0.25) is 4.90 Å². The van der Waals surface area contributed by atoms with E-state index in [-0.39, 0.29) is 12.6 Å². The normalized spacial score (nSPS) is 18.7. The number of benzene rings is 2. The number of piperazine rings is 1. The minimum Gasteiger partial charge on any atom is -0.492 e. The summed E-state index contributed by atoms with van der Waals surface area (Å²) in [5, 5.41) is 6.24. The molecule has 186 valence electrons. The molecule has 0 aromatic heterocycles. The number of para-hydroxylation sites is 2. The zero-order valence-electron chi connectivity index (χ0n) is 20.1. The lowest BCUT2D eigenvalue weighted by atomic mass is 9.95. The van der Waals surface area contributed by atoms with E-state index < -0.39 is 12.0 Å². The van der Waals surface area contributed by atoms with Crippen LogP contribution < -0.4 is 20.3 Å². The fourth-order valence-electron chi connectivity index (χ4n) is 4.50. The maximum atomic E-state index is 13.0. The molecule has 0 saturated carbocycles. The number of hydrogen-bond acceptors (Lipinski definition) is 6. The average molecular weight is 499 g/mol. The molecule has 1 unspecified atom stereocenters. The lowest BCUT2D eigenvalue weighted by Crippen LogP contribution is -2.51. The molecule has 4 rings (SSSR count). The van der Waals surface area contributed by atoms with Crippen molar-refractivity contribution in [2.75, 3.05) is 50.8 Å². The van der Waals surface area contributed by atoms with Gasteiger partial charge in [-0.25, -0.2) is 9.59 Å². The van der Waals surface area contributed by atoms with Gasteiger partial charge in [0, 0.05) is 43.4 Å². The van der Waals surface area contributed by atoms with Gasteiger partial charge in [0.1, 0.15) is 5.75 Å². The first kappa shape index (κ1) is 24.9. The molecule has 2 aromatic rings. The first-order valence-electron chi connectivity index (χ1n) is 11.9. The molecule has 0 aliphatic carbocycles. The summed E-state index contributed by atoms with van der Waals surface area (Å²) in [5.41, 5.74) is 2.76. The quantitative estimate of drug-likeness (QED) is 0.540. The molecule has 1 atom stereocenters. The van der Waals surface area contributed by atoms with Crippen LogP contribution in [0.3, 0.4) is 0 Å². The number of nitrogens with zero attached hydrogens (tertiary/aromatic N) is 2. The number of hydrogen-bond donors (Lipinski definition) is 2. The molecule has 9 heteroatoms. The Morgan fingerprint density at radius 2 is 1.83 bits per heavy atom. The van der Waals surface area contributed by atoms with Crippen molar-refractivity contribution in [3.8, 4) is 5.75 Å². The number of urea groups is 1. The average Bonchev–Trinajstić information content (AvgIpc) is 2.85. The first-order chi connectivity index (χ1) is 17.0. The van der Waals surface area contributed by atoms with Crippen LogP contribution in [0.5, 0.6) is 5.75 Å². The Kier molecular flexibility index (Phi) is 8.15. The van der Waals surface area contributed by atoms with E-state index in [1.165, 1.54) is 0 Å². The molecule has 0 spiro atoms. The Hall–Kier alpha value is -3.23. The Balaban J connectivity index is 1.55. The van der Waals surface area contributed by atoms with E-state index in [9.17, 15) is 9.59 Å². The van der Waals surface area contributed by atoms with E-state index in [1.54, 1.807) is 25.1 Å². The van der Waals surface area contributed by atoms with Crippen molar-refractivity contribution in [2.24, 2.45) is 0 Å². The number of rotatable bonds is 8. The predicted octanol–water partition coefficient (Wildman–Crippen LogP) is 3.73. The van der Waals surface area contributed by atoms with Crippen molar-refractivity contribution in [2.45, 2.75) is 19.9 Å². The molecule has 1 saturated heterocycles. The van der Waals surface area contributed by atoms with Crippen molar-refractivity contribution in [1.82, 2.24) is 15.5 Å². The molecule has 2 aromatic carbocycles. The van der Waals surface area contributed by atoms with Gasteiger partial charge in [-0.05, 0) is 43.7 Å². The molecule has 35 heavy (non-hydrogen) atoms. The van der Waals surface area contributed by atoms with Gasteiger partial charge in [-0.15, -0.1) is 0 Å². The Morgan fingerprint density at radius 3 is 2.54 bits per heavy atom. The third-order valence-corrected chi connectivity index (χ3v) is 6.33. The lowest BCUT2D eigenvalue weighted by molar-refractivity contribution is -0.139. The second-order valence-corrected chi connectivity index (χ2v) is 8.80. The highest BCUT2D eigenvalue weighted by molar-refractivity contribution is 6.30. The van der Waals surface area contributed by atoms with Crippen LogP contribution in [-0.2, 0) is 9.53 Å². The SMILES string of the molecule is CCOC(=O)C1=C(CN2CCN(c3ccccc3OCC)CC2)NC(=O)NC1c1cccc(Cl)c1. The van der Waals surface area contributed by atoms with E-state index in [2.05, 4.69) is 26.5 Å². The summed E-state index contributed by atoms with van der Waals surface area (Å²) in [6.07, 6.45) is 0.